The maximum Gasteiger partial charge on any atom is 0.259 e. The summed E-state index contributed by atoms with van der Waals surface area (Å²) in [5.41, 5.74) is 3.15. The van der Waals surface area contributed by atoms with Crippen molar-refractivity contribution < 1.29 is 19.4 Å². The van der Waals surface area contributed by atoms with Crippen LogP contribution in [0, 0.1) is 5.92 Å². The lowest BCUT2D eigenvalue weighted by atomic mass is 9.99. The first kappa shape index (κ1) is 25.6. The minimum atomic E-state index is -0.337. The quantitative estimate of drug-likeness (QED) is 0.517. The van der Waals surface area contributed by atoms with Crippen molar-refractivity contribution in [3.8, 4) is 22.8 Å². The summed E-state index contributed by atoms with van der Waals surface area (Å²) in [6.45, 7) is 5.66. The van der Waals surface area contributed by atoms with Crippen molar-refractivity contribution in [2.45, 2.75) is 32.5 Å². The lowest BCUT2D eigenvalue weighted by Crippen LogP contribution is -2.49. The Bertz CT molecular complexity index is 1170. The van der Waals surface area contributed by atoms with Crippen molar-refractivity contribution in [2.75, 3.05) is 33.9 Å². The number of nitrogens with zero attached hydrogens (tertiary/aromatic N) is 4. The van der Waals surface area contributed by atoms with E-state index in [9.17, 15) is 9.90 Å². The number of amides is 1. The number of pyridine rings is 2. The van der Waals surface area contributed by atoms with E-state index in [1.807, 2.05) is 56.4 Å². The lowest BCUT2D eigenvalue weighted by molar-refractivity contribution is 0.0325. The second-order valence-electron chi connectivity index (χ2n) is 9.45. The van der Waals surface area contributed by atoms with Crippen LogP contribution in [-0.4, -0.2) is 76.8 Å². The number of carbonyl (C=O) groups is 1. The largest absolute Gasteiger partial charge is 0.496 e. The van der Waals surface area contributed by atoms with E-state index in [-0.39, 0.29) is 30.6 Å². The van der Waals surface area contributed by atoms with E-state index >= 15 is 0 Å². The average molecular weight is 491 g/mol. The molecule has 1 aliphatic heterocycles. The highest BCUT2D eigenvalue weighted by molar-refractivity contribution is 5.98. The molecule has 2 aromatic heterocycles. The highest BCUT2D eigenvalue weighted by Crippen LogP contribution is 2.34. The molecule has 36 heavy (non-hydrogen) atoms. The van der Waals surface area contributed by atoms with Gasteiger partial charge in [-0.15, -0.1) is 0 Å². The summed E-state index contributed by atoms with van der Waals surface area (Å²) in [6, 6.07) is 13.1. The number of carbonyl (C=O) groups excluding carboxylic acids is 1. The van der Waals surface area contributed by atoms with Crippen molar-refractivity contribution in [1.82, 2.24) is 19.8 Å². The first-order valence-electron chi connectivity index (χ1n) is 12.2. The number of methoxy groups -OCH3 is 1. The zero-order chi connectivity index (χ0) is 25.7. The van der Waals surface area contributed by atoms with Gasteiger partial charge in [-0.3, -0.25) is 14.7 Å². The van der Waals surface area contributed by atoms with E-state index in [2.05, 4.69) is 21.8 Å². The molecule has 3 atom stereocenters. The van der Waals surface area contributed by atoms with Crippen LogP contribution in [0.2, 0.25) is 0 Å². The fourth-order valence-corrected chi connectivity index (χ4v) is 4.52. The van der Waals surface area contributed by atoms with Gasteiger partial charge in [-0.05, 0) is 43.8 Å². The highest BCUT2D eigenvalue weighted by Gasteiger charge is 2.34. The fourth-order valence-electron chi connectivity index (χ4n) is 4.52. The second-order valence-corrected chi connectivity index (χ2v) is 9.45. The van der Waals surface area contributed by atoms with E-state index < -0.39 is 0 Å². The van der Waals surface area contributed by atoms with E-state index in [0.717, 1.165) is 23.2 Å². The van der Waals surface area contributed by atoms with Crippen LogP contribution in [0.1, 0.15) is 29.8 Å². The van der Waals surface area contributed by atoms with Crippen LogP contribution in [0.25, 0.3) is 11.1 Å². The van der Waals surface area contributed by atoms with E-state index in [1.165, 1.54) is 0 Å². The molecule has 8 nitrogen and oxygen atoms in total. The number of rotatable bonds is 8. The third-order valence-corrected chi connectivity index (χ3v) is 6.63. The molecule has 3 aromatic rings. The minimum Gasteiger partial charge on any atom is -0.496 e. The Kier molecular flexibility index (Phi) is 8.18. The summed E-state index contributed by atoms with van der Waals surface area (Å²) in [6.07, 6.45) is 5.09. The van der Waals surface area contributed by atoms with Crippen LogP contribution >= 0.6 is 0 Å². The number of hydrogen-bond donors (Lipinski definition) is 1. The maximum absolute atomic E-state index is 13.7. The maximum atomic E-state index is 13.7. The zero-order valence-electron chi connectivity index (χ0n) is 21.3. The van der Waals surface area contributed by atoms with Crippen molar-refractivity contribution >= 4 is 5.91 Å². The van der Waals surface area contributed by atoms with Gasteiger partial charge in [-0.1, -0.05) is 25.1 Å². The molecule has 0 saturated carbocycles. The second kappa shape index (κ2) is 11.5. The molecule has 0 spiro atoms. The van der Waals surface area contributed by atoms with Crippen LogP contribution in [0.15, 0.2) is 61.1 Å². The van der Waals surface area contributed by atoms with Crippen LogP contribution in [0.4, 0.5) is 0 Å². The molecule has 0 radical (unpaired) electrons. The zero-order valence-corrected chi connectivity index (χ0v) is 21.3. The Labute approximate surface area is 212 Å². The van der Waals surface area contributed by atoms with Gasteiger partial charge >= 0.3 is 0 Å². The standard InChI is InChI=1S/C28H34N4O4/c1-19-15-32(20(2)18-33)28(34)24-13-22(23-7-5-6-8-25(23)35-4)14-30-27(24)36-26(19)17-31(3)16-21-9-11-29-12-10-21/h5-14,19-20,26,33H,15-18H2,1-4H3/t19-,20+,26-/m0/s1. The van der Waals surface area contributed by atoms with Gasteiger partial charge < -0.3 is 19.5 Å². The third-order valence-electron chi connectivity index (χ3n) is 6.63. The fraction of sp³-hybridized carbons (Fsp3) is 0.393. The molecule has 1 aliphatic rings. The van der Waals surface area contributed by atoms with Gasteiger partial charge in [-0.2, -0.15) is 0 Å². The molecule has 1 aromatic carbocycles. The van der Waals surface area contributed by atoms with E-state index in [1.54, 1.807) is 30.6 Å². The van der Waals surface area contributed by atoms with Gasteiger partial charge in [0.1, 0.15) is 17.4 Å². The first-order chi connectivity index (χ1) is 17.4. The van der Waals surface area contributed by atoms with Crippen molar-refractivity contribution in [3.63, 3.8) is 0 Å². The number of ether oxygens (including phenoxy) is 2. The number of fused-ring (bicyclic) bond motifs is 1. The van der Waals surface area contributed by atoms with Crippen LogP contribution in [-0.2, 0) is 6.54 Å². The van der Waals surface area contributed by atoms with Crippen molar-refractivity contribution in [3.05, 3.63) is 72.2 Å². The molecule has 1 N–H and O–H groups in total. The topological polar surface area (TPSA) is 88.0 Å². The number of likely N-dealkylation sites (N-methyl/N-ethyl adjacent to an activating group) is 1. The number of benzene rings is 1. The predicted molar refractivity (Wildman–Crippen MR) is 138 cm³/mol. The van der Waals surface area contributed by atoms with E-state index in [4.69, 9.17) is 9.47 Å². The summed E-state index contributed by atoms with van der Waals surface area (Å²) in [7, 11) is 3.67. The van der Waals surface area contributed by atoms with E-state index in [0.29, 0.717) is 30.3 Å². The van der Waals surface area contributed by atoms with Crippen molar-refractivity contribution in [1.29, 1.82) is 0 Å². The Morgan fingerprint density at radius 2 is 1.97 bits per heavy atom. The lowest BCUT2D eigenvalue weighted by Gasteiger charge is -2.37. The molecule has 3 heterocycles. The first-order valence-corrected chi connectivity index (χ1v) is 12.2. The minimum absolute atomic E-state index is 0.0201. The SMILES string of the molecule is COc1ccccc1-c1cnc2c(c1)C(=O)N([C@H](C)CO)C[C@H](C)[C@H](CN(C)Cc1ccncc1)O2. The van der Waals surface area contributed by atoms with Gasteiger partial charge in [-0.25, -0.2) is 4.98 Å². The normalized spacial score (nSPS) is 18.7. The van der Waals surface area contributed by atoms with Gasteiger partial charge in [0.25, 0.3) is 5.91 Å². The van der Waals surface area contributed by atoms with Crippen LogP contribution < -0.4 is 9.47 Å². The number of aromatic nitrogens is 2. The molecule has 0 unspecified atom stereocenters. The van der Waals surface area contributed by atoms with Gasteiger partial charge in [0.15, 0.2) is 0 Å². The summed E-state index contributed by atoms with van der Waals surface area (Å²) < 4.78 is 11.9. The third kappa shape index (κ3) is 5.66. The molecule has 1 amide bonds. The molecule has 0 saturated heterocycles. The Balaban J connectivity index is 1.68. The molecular formula is C28H34N4O4. The molecule has 0 fully saturated rings. The Morgan fingerprint density at radius 3 is 2.69 bits per heavy atom. The number of para-hydroxylation sites is 1. The highest BCUT2D eigenvalue weighted by atomic mass is 16.5. The monoisotopic (exact) mass is 490 g/mol. The average Bonchev–Trinajstić information content (AvgIpc) is 2.90. The predicted octanol–water partition coefficient (Wildman–Crippen LogP) is 3.50. The Morgan fingerprint density at radius 1 is 1.22 bits per heavy atom. The van der Waals surface area contributed by atoms with Gasteiger partial charge in [0.05, 0.1) is 19.8 Å². The smallest absolute Gasteiger partial charge is 0.259 e. The number of aliphatic hydroxyl groups excluding tert-OH is 1. The summed E-state index contributed by atoms with van der Waals surface area (Å²) in [5, 5.41) is 9.91. The molecule has 190 valence electrons. The van der Waals surface area contributed by atoms with Crippen molar-refractivity contribution in [2.24, 2.45) is 5.92 Å². The summed E-state index contributed by atoms with van der Waals surface area (Å²) in [4.78, 5) is 26.3. The summed E-state index contributed by atoms with van der Waals surface area (Å²) >= 11 is 0. The van der Waals surface area contributed by atoms with Crippen LogP contribution in [0.5, 0.6) is 11.6 Å². The molecule has 0 bridgehead atoms. The Hall–Kier alpha value is -3.49. The summed E-state index contributed by atoms with van der Waals surface area (Å²) in [5.74, 6) is 0.823. The number of aliphatic hydroxyl groups is 1. The van der Waals surface area contributed by atoms with Crippen LogP contribution in [0.3, 0.4) is 0 Å². The molecule has 0 aliphatic carbocycles. The van der Waals surface area contributed by atoms with Gasteiger partial charge in [0, 0.05) is 55.3 Å². The molecule has 4 rings (SSSR count). The molecular weight excluding hydrogens is 456 g/mol. The number of hydrogen-bond acceptors (Lipinski definition) is 7. The molecule has 8 heteroatoms. The van der Waals surface area contributed by atoms with Gasteiger partial charge in [0.2, 0.25) is 5.88 Å².